The van der Waals surface area contributed by atoms with Crippen molar-refractivity contribution in [2.24, 2.45) is 5.92 Å². The molecule has 1 saturated carbocycles. The summed E-state index contributed by atoms with van der Waals surface area (Å²) < 4.78 is 0. The molecule has 1 N–H and O–H groups in total. The average molecular weight is 225 g/mol. The molecule has 0 aromatic heterocycles. The molecule has 0 bridgehead atoms. The molecule has 1 atom stereocenters. The van der Waals surface area contributed by atoms with Gasteiger partial charge in [0, 0.05) is 19.5 Å². The van der Waals surface area contributed by atoms with Gasteiger partial charge in [-0.25, -0.2) is 0 Å². The molecule has 0 aromatic rings. The first-order valence-electron chi connectivity index (χ1n) is 6.71. The van der Waals surface area contributed by atoms with Crippen LogP contribution in [0.4, 0.5) is 0 Å². The van der Waals surface area contributed by atoms with E-state index in [4.69, 9.17) is 0 Å². The second-order valence-corrected chi connectivity index (χ2v) is 5.34. The van der Waals surface area contributed by atoms with Crippen LogP contribution in [-0.4, -0.2) is 35.1 Å². The van der Waals surface area contributed by atoms with Crippen molar-refractivity contribution in [1.29, 1.82) is 0 Å². The van der Waals surface area contributed by atoms with Gasteiger partial charge in [0.15, 0.2) is 0 Å². The van der Waals surface area contributed by atoms with Crippen LogP contribution in [-0.2, 0) is 4.79 Å². The second kappa shape index (κ2) is 5.67. The van der Waals surface area contributed by atoms with E-state index in [2.05, 4.69) is 0 Å². The lowest BCUT2D eigenvalue weighted by Crippen LogP contribution is -2.42. The first-order valence-corrected chi connectivity index (χ1v) is 6.71. The Morgan fingerprint density at radius 1 is 1.12 bits per heavy atom. The summed E-state index contributed by atoms with van der Waals surface area (Å²) in [7, 11) is 0. The number of hydrogen-bond donors (Lipinski definition) is 1. The van der Waals surface area contributed by atoms with Crippen molar-refractivity contribution in [2.45, 2.75) is 57.5 Å². The van der Waals surface area contributed by atoms with Crippen LogP contribution in [0, 0.1) is 5.92 Å². The van der Waals surface area contributed by atoms with Gasteiger partial charge >= 0.3 is 0 Å². The van der Waals surface area contributed by atoms with Gasteiger partial charge in [0.1, 0.15) is 0 Å². The number of nitrogens with zero attached hydrogens (tertiary/aromatic N) is 1. The molecule has 1 aliphatic carbocycles. The zero-order valence-electron chi connectivity index (χ0n) is 10.0. The molecule has 2 fully saturated rings. The van der Waals surface area contributed by atoms with Gasteiger partial charge in [-0.05, 0) is 31.6 Å². The summed E-state index contributed by atoms with van der Waals surface area (Å²) in [6, 6.07) is 0. The predicted molar refractivity (Wildman–Crippen MR) is 63.0 cm³/mol. The summed E-state index contributed by atoms with van der Waals surface area (Å²) >= 11 is 0. The van der Waals surface area contributed by atoms with Crippen LogP contribution in [0.2, 0.25) is 0 Å². The van der Waals surface area contributed by atoms with E-state index >= 15 is 0 Å². The van der Waals surface area contributed by atoms with E-state index in [9.17, 15) is 9.90 Å². The van der Waals surface area contributed by atoms with E-state index in [1.165, 1.54) is 32.1 Å². The van der Waals surface area contributed by atoms with Crippen LogP contribution in [0.3, 0.4) is 0 Å². The van der Waals surface area contributed by atoms with Crippen molar-refractivity contribution in [3.8, 4) is 0 Å². The van der Waals surface area contributed by atoms with Crippen molar-refractivity contribution < 1.29 is 9.90 Å². The minimum absolute atomic E-state index is 0.269. The molecule has 1 heterocycles. The van der Waals surface area contributed by atoms with Crippen LogP contribution in [0.15, 0.2) is 0 Å². The fourth-order valence-electron chi connectivity index (χ4n) is 2.95. The minimum atomic E-state index is -0.288. The number of carbonyl (C=O) groups is 1. The van der Waals surface area contributed by atoms with Gasteiger partial charge in [-0.15, -0.1) is 0 Å². The highest BCUT2D eigenvalue weighted by Crippen LogP contribution is 2.27. The zero-order chi connectivity index (χ0) is 11.4. The van der Waals surface area contributed by atoms with Gasteiger partial charge in [-0.3, -0.25) is 4.79 Å². The number of aliphatic hydroxyl groups excluding tert-OH is 1. The first-order chi connectivity index (χ1) is 7.75. The third kappa shape index (κ3) is 3.21. The minimum Gasteiger partial charge on any atom is -0.391 e. The molecule has 0 aromatic carbocycles. The van der Waals surface area contributed by atoms with Crippen LogP contribution in [0.5, 0.6) is 0 Å². The highest BCUT2D eigenvalue weighted by molar-refractivity contribution is 5.76. The van der Waals surface area contributed by atoms with Crippen molar-refractivity contribution in [3.63, 3.8) is 0 Å². The Labute approximate surface area is 97.8 Å². The van der Waals surface area contributed by atoms with E-state index in [0.29, 0.717) is 18.9 Å². The van der Waals surface area contributed by atoms with Crippen molar-refractivity contribution >= 4 is 5.91 Å². The highest BCUT2D eigenvalue weighted by Gasteiger charge is 2.24. The van der Waals surface area contributed by atoms with E-state index in [-0.39, 0.29) is 12.0 Å². The number of β-amino-alcohol motifs (C(OH)–C–C–N with tert-alkyl or cyclic N) is 1. The lowest BCUT2D eigenvalue weighted by Gasteiger charge is -2.32. The summed E-state index contributed by atoms with van der Waals surface area (Å²) in [5.74, 6) is 0.881. The standard InChI is InChI=1S/C13H23NO2/c15-12-7-4-8-14(10-12)13(16)9-11-5-2-1-3-6-11/h11-12,15H,1-10H2. The summed E-state index contributed by atoms with van der Waals surface area (Å²) in [6.07, 6.45) is 8.61. The molecule has 1 unspecified atom stereocenters. The Bertz CT molecular complexity index is 236. The highest BCUT2D eigenvalue weighted by atomic mass is 16.3. The van der Waals surface area contributed by atoms with E-state index in [1.807, 2.05) is 4.90 Å². The molecule has 3 heteroatoms. The number of amides is 1. The maximum atomic E-state index is 12.0. The monoisotopic (exact) mass is 225 g/mol. The number of rotatable bonds is 2. The maximum absolute atomic E-state index is 12.0. The lowest BCUT2D eigenvalue weighted by atomic mass is 9.86. The van der Waals surface area contributed by atoms with Gasteiger partial charge in [0.2, 0.25) is 5.91 Å². The van der Waals surface area contributed by atoms with Gasteiger partial charge < -0.3 is 10.0 Å². The van der Waals surface area contributed by atoms with Crippen molar-refractivity contribution in [3.05, 3.63) is 0 Å². The normalized spacial score (nSPS) is 28.1. The molecule has 2 rings (SSSR count). The SMILES string of the molecule is O=C(CC1CCCCC1)N1CCCC(O)C1. The molecule has 92 valence electrons. The van der Waals surface area contributed by atoms with E-state index in [1.54, 1.807) is 0 Å². The molecule has 0 spiro atoms. The van der Waals surface area contributed by atoms with Crippen molar-refractivity contribution in [2.75, 3.05) is 13.1 Å². The third-order valence-corrected chi connectivity index (χ3v) is 3.94. The Morgan fingerprint density at radius 2 is 1.88 bits per heavy atom. The Balaban J connectivity index is 1.77. The summed E-state index contributed by atoms with van der Waals surface area (Å²) in [6.45, 7) is 1.41. The summed E-state index contributed by atoms with van der Waals surface area (Å²) in [5.41, 5.74) is 0. The number of likely N-dealkylation sites (tertiary alicyclic amines) is 1. The molecule has 2 aliphatic rings. The van der Waals surface area contributed by atoms with Crippen LogP contribution in [0.1, 0.15) is 51.4 Å². The third-order valence-electron chi connectivity index (χ3n) is 3.94. The fourth-order valence-corrected chi connectivity index (χ4v) is 2.95. The zero-order valence-corrected chi connectivity index (χ0v) is 10.0. The van der Waals surface area contributed by atoms with Gasteiger partial charge in [0.25, 0.3) is 0 Å². The Kier molecular flexibility index (Phi) is 4.22. The van der Waals surface area contributed by atoms with Crippen LogP contribution in [0.25, 0.3) is 0 Å². The molecule has 1 amide bonds. The quantitative estimate of drug-likeness (QED) is 0.780. The summed E-state index contributed by atoms with van der Waals surface area (Å²) in [5, 5.41) is 9.54. The van der Waals surface area contributed by atoms with Gasteiger partial charge in [0.05, 0.1) is 6.10 Å². The Morgan fingerprint density at radius 3 is 2.56 bits per heavy atom. The average Bonchev–Trinajstić information content (AvgIpc) is 2.30. The number of carbonyl (C=O) groups excluding carboxylic acids is 1. The number of hydrogen-bond acceptors (Lipinski definition) is 2. The summed E-state index contributed by atoms with van der Waals surface area (Å²) in [4.78, 5) is 13.9. The maximum Gasteiger partial charge on any atom is 0.222 e. The molecular formula is C13H23NO2. The molecular weight excluding hydrogens is 202 g/mol. The predicted octanol–water partition coefficient (Wildman–Crippen LogP) is 1.94. The van der Waals surface area contributed by atoms with Crippen LogP contribution >= 0.6 is 0 Å². The van der Waals surface area contributed by atoms with Crippen LogP contribution < -0.4 is 0 Å². The lowest BCUT2D eigenvalue weighted by molar-refractivity contribution is -0.135. The van der Waals surface area contributed by atoms with Crippen molar-refractivity contribution in [1.82, 2.24) is 4.90 Å². The Hall–Kier alpha value is -0.570. The first kappa shape index (κ1) is 11.9. The molecule has 16 heavy (non-hydrogen) atoms. The van der Waals surface area contributed by atoms with E-state index in [0.717, 1.165) is 19.4 Å². The number of aliphatic hydroxyl groups is 1. The largest absolute Gasteiger partial charge is 0.391 e. The molecule has 1 aliphatic heterocycles. The second-order valence-electron chi connectivity index (χ2n) is 5.34. The topological polar surface area (TPSA) is 40.5 Å². The number of piperidine rings is 1. The smallest absolute Gasteiger partial charge is 0.222 e. The molecule has 3 nitrogen and oxygen atoms in total. The van der Waals surface area contributed by atoms with E-state index < -0.39 is 0 Å². The molecule has 1 saturated heterocycles. The fraction of sp³-hybridized carbons (Fsp3) is 0.923. The molecule has 0 radical (unpaired) electrons. The van der Waals surface area contributed by atoms with Gasteiger partial charge in [-0.2, -0.15) is 0 Å². The van der Waals surface area contributed by atoms with Gasteiger partial charge in [-0.1, -0.05) is 19.3 Å².